The number of hydrogen-bond acceptors (Lipinski definition) is 5. The van der Waals surface area contributed by atoms with Crippen molar-refractivity contribution in [2.24, 2.45) is 0 Å². The van der Waals surface area contributed by atoms with Crippen molar-refractivity contribution >= 4 is 43.7 Å². The maximum Gasteiger partial charge on any atom is 0.271 e. The summed E-state index contributed by atoms with van der Waals surface area (Å²) in [7, 11) is -2.11. The van der Waals surface area contributed by atoms with Crippen LogP contribution < -0.4 is 9.46 Å². The Kier molecular flexibility index (Phi) is 6.67. The lowest BCUT2D eigenvalue weighted by atomic mass is 10.0. The summed E-state index contributed by atoms with van der Waals surface area (Å²) in [5.41, 5.74) is 1.49. The molecule has 0 radical (unpaired) electrons. The summed E-state index contributed by atoms with van der Waals surface area (Å²) in [5, 5.41) is 3.40. The van der Waals surface area contributed by atoms with Gasteiger partial charge in [0.15, 0.2) is 0 Å². The number of benzene rings is 3. The topological polar surface area (TPSA) is 75.7 Å². The van der Waals surface area contributed by atoms with E-state index in [0.29, 0.717) is 18.7 Å². The molecule has 33 heavy (non-hydrogen) atoms. The molecule has 1 aromatic heterocycles. The molecule has 0 unspecified atom stereocenters. The molecule has 8 heteroatoms. The highest BCUT2D eigenvalue weighted by molar-refractivity contribution is 7.94. The van der Waals surface area contributed by atoms with Gasteiger partial charge in [0.25, 0.3) is 15.9 Å². The number of fused-ring (bicyclic) bond motifs is 1. The molecule has 1 heterocycles. The molecule has 0 fully saturated rings. The molecule has 0 bridgehead atoms. The van der Waals surface area contributed by atoms with Crippen LogP contribution in [-0.2, 0) is 16.6 Å². The quantitative estimate of drug-likeness (QED) is 0.368. The Labute approximate surface area is 197 Å². The highest BCUT2D eigenvalue weighted by Crippen LogP contribution is 2.29. The van der Waals surface area contributed by atoms with E-state index in [1.54, 1.807) is 35.5 Å². The molecule has 0 aliphatic rings. The molecule has 4 aromatic rings. The van der Waals surface area contributed by atoms with E-state index in [1.807, 2.05) is 55.5 Å². The molecular weight excluding hydrogens is 456 g/mol. The predicted molar refractivity (Wildman–Crippen MR) is 132 cm³/mol. The maximum atomic E-state index is 13.4. The number of hydrogen-bond donors (Lipinski definition) is 1. The minimum Gasteiger partial charge on any atom is -0.494 e. The first-order valence-electron chi connectivity index (χ1n) is 10.4. The first kappa shape index (κ1) is 22.8. The van der Waals surface area contributed by atoms with E-state index in [2.05, 4.69) is 4.72 Å². The van der Waals surface area contributed by atoms with Gasteiger partial charge in [0, 0.05) is 13.6 Å². The van der Waals surface area contributed by atoms with E-state index < -0.39 is 10.0 Å². The van der Waals surface area contributed by atoms with Crippen molar-refractivity contribution in [3.8, 4) is 5.75 Å². The monoisotopic (exact) mass is 480 g/mol. The first-order chi connectivity index (χ1) is 15.9. The van der Waals surface area contributed by atoms with Crippen molar-refractivity contribution in [1.82, 2.24) is 4.90 Å². The van der Waals surface area contributed by atoms with Crippen molar-refractivity contribution in [3.05, 3.63) is 89.3 Å². The Hall–Kier alpha value is -3.36. The van der Waals surface area contributed by atoms with E-state index in [9.17, 15) is 13.2 Å². The molecule has 0 saturated heterocycles. The standard InChI is InChI=1S/C25H24N2O4S2/c1-3-31-21-12-10-18(11-13-21)17-27(2)25(28)22-15-19-7-4-5-8-20(19)16-23(22)26-33(29,30)24-9-6-14-32-24/h4-16,26H,3,17H2,1-2H3. The van der Waals surface area contributed by atoms with E-state index in [4.69, 9.17) is 4.74 Å². The van der Waals surface area contributed by atoms with Crippen molar-refractivity contribution in [2.75, 3.05) is 18.4 Å². The Morgan fingerprint density at radius 3 is 2.33 bits per heavy atom. The molecule has 0 aliphatic heterocycles. The second-order valence-electron chi connectivity index (χ2n) is 7.52. The third kappa shape index (κ3) is 5.18. The summed E-state index contributed by atoms with van der Waals surface area (Å²) in [6.45, 7) is 2.88. The van der Waals surface area contributed by atoms with Crippen LogP contribution in [0.5, 0.6) is 5.75 Å². The van der Waals surface area contributed by atoms with Crippen LogP contribution >= 0.6 is 11.3 Å². The van der Waals surface area contributed by atoms with Crippen LogP contribution in [0.15, 0.2) is 82.4 Å². The minimum atomic E-state index is -3.81. The molecular formula is C25H24N2O4S2. The van der Waals surface area contributed by atoms with Gasteiger partial charge in [-0.2, -0.15) is 0 Å². The summed E-state index contributed by atoms with van der Waals surface area (Å²) in [6, 6.07) is 21.8. The molecule has 0 saturated carbocycles. The summed E-state index contributed by atoms with van der Waals surface area (Å²) >= 11 is 1.12. The number of rotatable bonds is 8. The van der Waals surface area contributed by atoms with Crippen molar-refractivity contribution in [2.45, 2.75) is 17.7 Å². The number of sulfonamides is 1. The fraction of sp³-hybridized carbons (Fsp3) is 0.160. The van der Waals surface area contributed by atoms with Crippen LogP contribution in [0.1, 0.15) is 22.8 Å². The number of amides is 1. The van der Waals surface area contributed by atoms with Gasteiger partial charge < -0.3 is 9.64 Å². The van der Waals surface area contributed by atoms with E-state index in [0.717, 1.165) is 33.4 Å². The van der Waals surface area contributed by atoms with Crippen LogP contribution in [0.4, 0.5) is 5.69 Å². The Morgan fingerprint density at radius 1 is 1.00 bits per heavy atom. The van der Waals surface area contributed by atoms with E-state index in [1.165, 1.54) is 6.07 Å². The number of nitrogens with one attached hydrogen (secondary N) is 1. The predicted octanol–water partition coefficient (Wildman–Crippen LogP) is 5.37. The lowest BCUT2D eigenvalue weighted by molar-refractivity contribution is 0.0786. The van der Waals surface area contributed by atoms with Gasteiger partial charge in [0.1, 0.15) is 9.96 Å². The number of carbonyl (C=O) groups is 1. The van der Waals surface area contributed by atoms with Gasteiger partial charge in [-0.3, -0.25) is 9.52 Å². The normalized spacial score (nSPS) is 11.3. The van der Waals surface area contributed by atoms with Crippen LogP contribution in [0, 0.1) is 0 Å². The highest BCUT2D eigenvalue weighted by atomic mass is 32.2. The van der Waals surface area contributed by atoms with Crippen LogP contribution in [0.3, 0.4) is 0 Å². The van der Waals surface area contributed by atoms with Crippen molar-refractivity contribution in [3.63, 3.8) is 0 Å². The average Bonchev–Trinajstić information content (AvgIpc) is 3.35. The van der Waals surface area contributed by atoms with Crippen LogP contribution in [-0.4, -0.2) is 32.9 Å². The highest BCUT2D eigenvalue weighted by Gasteiger charge is 2.22. The molecule has 170 valence electrons. The Bertz CT molecular complexity index is 1370. The smallest absolute Gasteiger partial charge is 0.271 e. The molecule has 3 aromatic carbocycles. The first-order valence-corrected chi connectivity index (χ1v) is 12.8. The Morgan fingerprint density at radius 2 is 1.70 bits per heavy atom. The second-order valence-corrected chi connectivity index (χ2v) is 10.4. The number of carbonyl (C=O) groups excluding carboxylic acids is 1. The van der Waals surface area contributed by atoms with Gasteiger partial charge in [0.2, 0.25) is 0 Å². The van der Waals surface area contributed by atoms with Gasteiger partial charge in [-0.05, 0) is 59.0 Å². The molecule has 6 nitrogen and oxygen atoms in total. The molecule has 0 spiro atoms. The van der Waals surface area contributed by atoms with Gasteiger partial charge in [0.05, 0.1) is 17.9 Å². The van der Waals surface area contributed by atoms with Gasteiger partial charge in [-0.25, -0.2) is 8.42 Å². The molecule has 1 amide bonds. The largest absolute Gasteiger partial charge is 0.494 e. The molecule has 1 N–H and O–H groups in total. The lowest BCUT2D eigenvalue weighted by Gasteiger charge is -2.20. The molecule has 0 atom stereocenters. The lowest BCUT2D eigenvalue weighted by Crippen LogP contribution is -2.27. The molecule has 0 aliphatic carbocycles. The fourth-order valence-electron chi connectivity index (χ4n) is 3.52. The van der Waals surface area contributed by atoms with Crippen molar-refractivity contribution < 1.29 is 17.9 Å². The number of thiophene rings is 1. The van der Waals surface area contributed by atoms with Crippen LogP contribution in [0.2, 0.25) is 0 Å². The SMILES string of the molecule is CCOc1ccc(CN(C)C(=O)c2cc3ccccc3cc2NS(=O)(=O)c2cccs2)cc1. The fourth-order valence-corrected chi connectivity index (χ4v) is 5.59. The second kappa shape index (κ2) is 9.64. The maximum absolute atomic E-state index is 13.4. The summed E-state index contributed by atoms with van der Waals surface area (Å²) in [5.74, 6) is 0.494. The summed E-state index contributed by atoms with van der Waals surface area (Å²) < 4.78 is 34.0. The third-order valence-corrected chi connectivity index (χ3v) is 7.88. The van der Waals surface area contributed by atoms with Gasteiger partial charge >= 0.3 is 0 Å². The number of ether oxygens (including phenoxy) is 1. The molecule has 4 rings (SSSR count). The average molecular weight is 481 g/mol. The zero-order valence-electron chi connectivity index (χ0n) is 18.3. The summed E-state index contributed by atoms with van der Waals surface area (Å²) in [4.78, 5) is 15.0. The third-order valence-electron chi connectivity index (χ3n) is 5.12. The minimum absolute atomic E-state index is 0.191. The zero-order chi connectivity index (χ0) is 23.4. The number of nitrogens with zero attached hydrogens (tertiary/aromatic N) is 1. The Balaban J connectivity index is 1.66. The zero-order valence-corrected chi connectivity index (χ0v) is 19.9. The van der Waals surface area contributed by atoms with E-state index >= 15 is 0 Å². The summed E-state index contributed by atoms with van der Waals surface area (Å²) in [6.07, 6.45) is 0. The van der Waals surface area contributed by atoms with Crippen LogP contribution in [0.25, 0.3) is 10.8 Å². The van der Waals surface area contributed by atoms with E-state index in [-0.39, 0.29) is 15.8 Å². The van der Waals surface area contributed by atoms with Crippen molar-refractivity contribution in [1.29, 1.82) is 0 Å². The van der Waals surface area contributed by atoms with Gasteiger partial charge in [-0.15, -0.1) is 11.3 Å². The van der Waals surface area contributed by atoms with Gasteiger partial charge in [-0.1, -0.05) is 42.5 Å². The number of anilines is 1.